The smallest absolute Gasteiger partial charge is 0.304 e. The number of hydrogen-bond acceptors (Lipinski definition) is 3. The summed E-state index contributed by atoms with van der Waals surface area (Å²) in [5.74, 6) is 0.629. The Morgan fingerprint density at radius 3 is 2.18 bits per heavy atom. The molecule has 2 aliphatic carbocycles. The Balaban J connectivity index is 1.56. The molecular weight excluding hydrogens is 280 g/mol. The van der Waals surface area contributed by atoms with Gasteiger partial charge in [-0.15, -0.1) is 0 Å². The molecule has 0 unspecified atom stereocenters. The monoisotopic (exact) mass is 308 g/mol. The van der Waals surface area contributed by atoms with E-state index in [1.165, 1.54) is 37.0 Å². The first-order valence-electron chi connectivity index (χ1n) is 8.67. The Bertz CT molecular complexity index is 425. The lowest BCUT2D eigenvalue weighted by Crippen LogP contribution is -2.73. The number of carbonyl (C=O) groups is 2. The molecule has 3 N–H and O–H groups in total. The quantitative estimate of drug-likeness (QED) is 0.747. The van der Waals surface area contributed by atoms with Crippen LogP contribution in [0.2, 0.25) is 0 Å². The second-order valence-electron chi connectivity index (χ2n) is 7.37. The fourth-order valence-corrected chi connectivity index (χ4v) is 4.02. The second-order valence-corrected chi connectivity index (χ2v) is 7.37. The molecule has 2 saturated carbocycles. The highest BCUT2D eigenvalue weighted by Crippen LogP contribution is 2.37. The fourth-order valence-electron chi connectivity index (χ4n) is 4.02. The van der Waals surface area contributed by atoms with Crippen molar-refractivity contribution in [1.82, 2.24) is 20.9 Å². The van der Waals surface area contributed by atoms with Gasteiger partial charge >= 0.3 is 12.1 Å². The minimum absolute atomic E-state index is 0.278. The van der Waals surface area contributed by atoms with E-state index >= 15 is 0 Å². The largest absolute Gasteiger partial charge is 0.328 e. The van der Waals surface area contributed by atoms with E-state index in [1.807, 2.05) is 6.92 Å². The number of hydrogen-bond donors (Lipinski definition) is 3. The molecule has 0 radical (unpaired) electrons. The molecule has 4 amide bonds. The Labute approximate surface area is 132 Å². The molecule has 0 spiro atoms. The lowest BCUT2D eigenvalue weighted by atomic mass is 9.77. The van der Waals surface area contributed by atoms with E-state index in [9.17, 15) is 9.59 Å². The summed E-state index contributed by atoms with van der Waals surface area (Å²) in [6.45, 7) is 4.13. The Morgan fingerprint density at radius 1 is 1.09 bits per heavy atom. The summed E-state index contributed by atoms with van der Waals surface area (Å²) in [6.07, 6.45) is 8.76. The summed E-state index contributed by atoms with van der Waals surface area (Å²) >= 11 is 0. The van der Waals surface area contributed by atoms with Gasteiger partial charge in [-0.3, -0.25) is 5.32 Å². The van der Waals surface area contributed by atoms with Crippen molar-refractivity contribution >= 4 is 12.1 Å². The molecule has 0 bridgehead atoms. The maximum Gasteiger partial charge on any atom is 0.328 e. The molecule has 3 fully saturated rings. The first-order valence-corrected chi connectivity index (χ1v) is 8.67. The number of urea groups is 2. The third kappa shape index (κ3) is 2.93. The molecule has 1 saturated heterocycles. The predicted molar refractivity (Wildman–Crippen MR) is 84.1 cm³/mol. The zero-order valence-electron chi connectivity index (χ0n) is 13.7. The van der Waals surface area contributed by atoms with E-state index in [1.54, 1.807) is 0 Å². The molecule has 22 heavy (non-hydrogen) atoms. The zero-order chi connectivity index (χ0) is 15.7. The first-order chi connectivity index (χ1) is 10.5. The molecule has 6 heteroatoms. The highest BCUT2D eigenvalue weighted by molar-refractivity contribution is 5.97. The lowest BCUT2D eigenvalue weighted by Gasteiger charge is -2.49. The molecule has 1 aliphatic heterocycles. The summed E-state index contributed by atoms with van der Waals surface area (Å²) in [6, 6.07) is -0.268. The van der Waals surface area contributed by atoms with Gasteiger partial charge < -0.3 is 10.6 Å². The van der Waals surface area contributed by atoms with Gasteiger partial charge in [0.05, 0.1) is 5.54 Å². The standard InChI is InChI=1S/C16H28N4O2/c1-11(12-7-4-3-5-8-12)17-13-18-14(21)20(15(22)19-13)16(2)9-6-10-16/h11-13,17H,3-10H2,1-2H3,(H,18,21)(H,19,22)/t11-/m0/s1. The lowest BCUT2D eigenvalue weighted by molar-refractivity contribution is 0.0649. The van der Waals surface area contributed by atoms with Crippen LogP contribution in [0.4, 0.5) is 9.59 Å². The Hall–Kier alpha value is -1.30. The normalized spacial score (nSPS) is 27.8. The van der Waals surface area contributed by atoms with Gasteiger partial charge in [-0.1, -0.05) is 19.3 Å². The molecule has 0 aromatic carbocycles. The van der Waals surface area contributed by atoms with Crippen LogP contribution >= 0.6 is 0 Å². The highest BCUT2D eigenvalue weighted by atomic mass is 16.2. The average Bonchev–Trinajstić information content (AvgIpc) is 2.45. The van der Waals surface area contributed by atoms with Gasteiger partial charge in [-0.25, -0.2) is 14.5 Å². The molecular formula is C16H28N4O2. The maximum absolute atomic E-state index is 12.3. The Kier molecular flexibility index (Phi) is 4.30. The van der Waals surface area contributed by atoms with Gasteiger partial charge in [0.1, 0.15) is 0 Å². The molecule has 1 atom stereocenters. The van der Waals surface area contributed by atoms with Gasteiger partial charge in [-0.05, 0) is 51.9 Å². The van der Waals surface area contributed by atoms with Crippen molar-refractivity contribution in [1.29, 1.82) is 0 Å². The molecule has 3 rings (SSSR count). The first kappa shape index (κ1) is 15.6. The van der Waals surface area contributed by atoms with Crippen LogP contribution in [-0.2, 0) is 0 Å². The molecule has 0 aromatic rings. The number of nitrogens with zero attached hydrogens (tertiary/aromatic N) is 1. The van der Waals surface area contributed by atoms with Crippen LogP contribution in [0.5, 0.6) is 0 Å². The molecule has 124 valence electrons. The summed E-state index contributed by atoms with van der Waals surface area (Å²) < 4.78 is 0. The summed E-state index contributed by atoms with van der Waals surface area (Å²) in [7, 11) is 0. The van der Waals surface area contributed by atoms with E-state index in [-0.39, 0.29) is 23.6 Å². The van der Waals surface area contributed by atoms with Crippen molar-refractivity contribution < 1.29 is 9.59 Å². The number of imide groups is 1. The van der Waals surface area contributed by atoms with Gasteiger partial charge in [0.15, 0.2) is 6.29 Å². The van der Waals surface area contributed by atoms with Crippen LogP contribution in [0.15, 0.2) is 0 Å². The number of amides is 4. The molecule has 3 aliphatic rings. The summed E-state index contributed by atoms with van der Waals surface area (Å²) in [4.78, 5) is 26.0. The molecule has 0 aromatic heterocycles. The average molecular weight is 308 g/mol. The molecule has 6 nitrogen and oxygen atoms in total. The zero-order valence-corrected chi connectivity index (χ0v) is 13.7. The SMILES string of the molecule is C[C@H](NC1NC(=O)N(C2(C)CCC2)C(=O)N1)C1CCCCC1. The fraction of sp³-hybridized carbons (Fsp3) is 0.875. The maximum atomic E-state index is 12.3. The highest BCUT2D eigenvalue weighted by Gasteiger charge is 2.47. The second kappa shape index (κ2) is 6.07. The van der Waals surface area contributed by atoms with Crippen molar-refractivity contribution in [2.45, 2.75) is 83.1 Å². The number of rotatable bonds is 4. The van der Waals surface area contributed by atoms with Crippen LogP contribution in [0.25, 0.3) is 0 Å². The van der Waals surface area contributed by atoms with Crippen LogP contribution < -0.4 is 16.0 Å². The van der Waals surface area contributed by atoms with Crippen molar-refractivity contribution in [2.75, 3.05) is 0 Å². The van der Waals surface area contributed by atoms with E-state index in [0.717, 1.165) is 19.3 Å². The van der Waals surface area contributed by atoms with Gasteiger partial charge in [0, 0.05) is 6.04 Å². The van der Waals surface area contributed by atoms with Crippen LogP contribution in [0.1, 0.15) is 65.2 Å². The third-order valence-corrected chi connectivity index (χ3v) is 5.70. The van der Waals surface area contributed by atoms with E-state index in [0.29, 0.717) is 5.92 Å². The van der Waals surface area contributed by atoms with Crippen molar-refractivity contribution in [3.05, 3.63) is 0 Å². The Morgan fingerprint density at radius 2 is 1.68 bits per heavy atom. The third-order valence-electron chi connectivity index (χ3n) is 5.70. The van der Waals surface area contributed by atoms with Crippen LogP contribution in [0, 0.1) is 5.92 Å². The van der Waals surface area contributed by atoms with Crippen molar-refractivity contribution in [2.24, 2.45) is 5.92 Å². The molecule has 1 heterocycles. The topological polar surface area (TPSA) is 73.5 Å². The summed E-state index contributed by atoms with van der Waals surface area (Å²) in [5, 5.41) is 9.14. The van der Waals surface area contributed by atoms with E-state index < -0.39 is 6.29 Å². The number of carbonyl (C=O) groups excluding carboxylic acids is 2. The van der Waals surface area contributed by atoms with Gasteiger partial charge in [0.25, 0.3) is 0 Å². The summed E-state index contributed by atoms with van der Waals surface area (Å²) in [5.41, 5.74) is -0.311. The minimum Gasteiger partial charge on any atom is -0.304 e. The number of nitrogens with one attached hydrogen (secondary N) is 3. The van der Waals surface area contributed by atoms with E-state index in [2.05, 4.69) is 22.9 Å². The van der Waals surface area contributed by atoms with Crippen molar-refractivity contribution in [3.8, 4) is 0 Å². The predicted octanol–water partition coefficient (Wildman–Crippen LogP) is 2.51. The van der Waals surface area contributed by atoms with Crippen molar-refractivity contribution in [3.63, 3.8) is 0 Å². The van der Waals surface area contributed by atoms with Crippen LogP contribution in [0.3, 0.4) is 0 Å². The van der Waals surface area contributed by atoms with Crippen LogP contribution in [-0.4, -0.2) is 34.8 Å². The van der Waals surface area contributed by atoms with Gasteiger partial charge in [-0.2, -0.15) is 0 Å². The van der Waals surface area contributed by atoms with Gasteiger partial charge in [0.2, 0.25) is 0 Å². The minimum atomic E-state index is -0.461. The van der Waals surface area contributed by atoms with E-state index in [4.69, 9.17) is 0 Å².